The van der Waals surface area contributed by atoms with Crippen LogP contribution in [0.3, 0.4) is 0 Å². The van der Waals surface area contributed by atoms with E-state index in [1.165, 1.54) is 4.88 Å². The fraction of sp³-hybridized carbons (Fsp3) is 0.450. The molecule has 150 valence electrons. The molecule has 8 heteroatoms. The molecule has 0 aliphatic carbocycles. The lowest BCUT2D eigenvalue weighted by Crippen LogP contribution is -2.54. The average Bonchev–Trinajstić information content (AvgIpc) is 3.10. The van der Waals surface area contributed by atoms with Crippen LogP contribution in [-0.4, -0.2) is 66.4 Å². The van der Waals surface area contributed by atoms with Crippen LogP contribution in [0.25, 0.3) is 0 Å². The molecule has 0 unspecified atom stereocenters. The number of hydrogen-bond acceptors (Lipinski definition) is 4. The molecule has 1 N–H and O–H groups in total. The Kier molecular flexibility index (Phi) is 7.28. The van der Waals surface area contributed by atoms with Gasteiger partial charge in [0.2, 0.25) is 5.91 Å². The molecule has 0 atom stereocenters. The number of nitrogens with zero attached hydrogens (tertiary/aromatic N) is 4. The Hall–Kier alpha value is -2.12. The lowest BCUT2D eigenvalue weighted by atomic mass is 10.1. The molecule has 0 spiro atoms. The number of benzene rings is 1. The molecular weight excluding hydrogens is 394 g/mol. The van der Waals surface area contributed by atoms with E-state index in [0.717, 1.165) is 42.6 Å². The quantitative estimate of drug-likeness (QED) is 0.597. The van der Waals surface area contributed by atoms with Crippen molar-refractivity contribution in [2.75, 3.05) is 39.8 Å². The third kappa shape index (κ3) is 5.69. The van der Waals surface area contributed by atoms with Gasteiger partial charge in [-0.25, -0.2) is 4.98 Å². The van der Waals surface area contributed by atoms with E-state index in [1.54, 1.807) is 18.4 Å². The lowest BCUT2D eigenvalue weighted by Gasteiger charge is -2.36. The summed E-state index contributed by atoms with van der Waals surface area (Å²) in [6.07, 6.45) is 3.19. The molecular formula is C20H26ClN5OS. The van der Waals surface area contributed by atoms with Gasteiger partial charge < -0.3 is 15.1 Å². The normalized spacial score (nSPS) is 15.0. The van der Waals surface area contributed by atoms with Crippen LogP contribution >= 0.6 is 22.9 Å². The molecule has 28 heavy (non-hydrogen) atoms. The molecule has 6 nitrogen and oxygen atoms in total. The van der Waals surface area contributed by atoms with E-state index in [4.69, 9.17) is 11.6 Å². The number of amides is 1. The summed E-state index contributed by atoms with van der Waals surface area (Å²) >= 11 is 7.74. The highest BCUT2D eigenvalue weighted by atomic mass is 35.5. The second-order valence-corrected chi connectivity index (χ2v) is 8.52. The first kappa shape index (κ1) is 20.6. The number of guanidine groups is 1. The second kappa shape index (κ2) is 9.89. The van der Waals surface area contributed by atoms with Crippen LogP contribution in [0.15, 0.2) is 35.5 Å². The van der Waals surface area contributed by atoms with Crippen molar-refractivity contribution in [3.63, 3.8) is 0 Å². The molecule has 3 rings (SSSR count). The van der Waals surface area contributed by atoms with E-state index in [0.29, 0.717) is 24.5 Å². The number of hydrogen-bond donors (Lipinski definition) is 1. The first-order valence-corrected chi connectivity index (χ1v) is 10.6. The van der Waals surface area contributed by atoms with Gasteiger partial charge >= 0.3 is 0 Å². The lowest BCUT2D eigenvalue weighted by molar-refractivity contribution is -0.131. The highest BCUT2D eigenvalue weighted by Crippen LogP contribution is 2.13. The van der Waals surface area contributed by atoms with E-state index < -0.39 is 0 Å². The fourth-order valence-electron chi connectivity index (χ4n) is 3.23. The van der Waals surface area contributed by atoms with Crippen LogP contribution in [0.1, 0.15) is 15.4 Å². The summed E-state index contributed by atoms with van der Waals surface area (Å²) in [5.74, 6) is 1.03. The number of carbonyl (C=O) groups excluding carboxylic acids is 1. The van der Waals surface area contributed by atoms with E-state index in [2.05, 4.69) is 27.1 Å². The minimum absolute atomic E-state index is 0.143. The predicted octanol–water partition coefficient (Wildman–Crippen LogP) is 2.61. The van der Waals surface area contributed by atoms with Crippen molar-refractivity contribution in [3.8, 4) is 0 Å². The molecule has 1 aliphatic rings. The molecule has 1 aromatic heterocycles. The molecule has 1 aromatic carbocycles. The van der Waals surface area contributed by atoms with Gasteiger partial charge in [0.1, 0.15) is 0 Å². The molecule has 2 heterocycles. The minimum atomic E-state index is 0.143. The average molecular weight is 420 g/mol. The van der Waals surface area contributed by atoms with E-state index in [9.17, 15) is 4.79 Å². The Morgan fingerprint density at radius 1 is 1.29 bits per heavy atom. The van der Waals surface area contributed by atoms with Gasteiger partial charge in [-0.2, -0.15) is 0 Å². The van der Waals surface area contributed by atoms with Gasteiger partial charge in [-0.1, -0.05) is 23.7 Å². The molecule has 2 aromatic rings. The van der Waals surface area contributed by atoms with Gasteiger partial charge in [-0.3, -0.25) is 9.79 Å². The molecule has 1 aliphatic heterocycles. The summed E-state index contributed by atoms with van der Waals surface area (Å²) in [5, 5.41) is 5.21. The topological polar surface area (TPSA) is 60.8 Å². The van der Waals surface area contributed by atoms with Crippen LogP contribution in [0, 0.1) is 6.92 Å². The van der Waals surface area contributed by atoms with Crippen molar-refractivity contribution in [1.29, 1.82) is 0 Å². The van der Waals surface area contributed by atoms with Crippen LogP contribution in [0.5, 0.6) is 0 Å². The minimum Gasteiger partial charge on any atom is -0.356 e. The zero-order valence-electron chi connectivity index (χ0n) is 16.3. The maximum absolute atomic E-state index is 12.6. The highest BCUT2D eigenvalue weighted by molar-refractivity contribution is 7.11. The van der Waals surface area contributed by atoms with Gasteiger partial charge in [-0.15, -0.1) is 11.3 Å². The van der Waals surface area contributed by atoms with Gasteiger partial charge in [0.15, 0.2) is 5.96 Å². The second-order valence-electron chi connectivity index (χ2n) is 6.76. The molecule has 1 fully saturated rings. The maximum atomic E-state index is 12.6. The van der Waals surface area contributed by atoms with Crippen molar-refractivity contribution in [2.24, 2.45) is 4.99 Å². The number of halogens is 1. The van der Waals surface area contributed by atoms with E-state index in [1.807, 2.05) is 35.4 Å². The number of aryl methyl sites for hydroxylation is 1. The third-order valence-corrected chi connectivity index (χ3v) is 5.89. The number of nitrogens with one attached hydrogen (secondary N) is 1. The molecule has 1 amide bonds. The SMILES string of the molecule is CN=C(NCCc1ncc(C)s1)N1CCN(C(=O)Cc2cccc(Cl)c2)CC1. The zero-order valence-corrected chi connectivity index (χ0v) is 17.9. The largest absolute Gasteiger partial charge is 0.356 e. The Morgan fingerprint density at radius 2 is 2.04 bits per heavy atom. The van der Waals surface area contributed by atoms with Gasteiger partial charge in [-0.05, 0) is 24.6 Å². The number of carbonyl (C=O) groups is 1. The van der Waals surface area contributed by atoms with Crippen molar-refractivity contribution < 1.29 is 4.79 Å². The summed E-state index contributed by atoms with van der Waals surface area (Å²) in [7, 11) is 1.80. The number of aliphatic imine (C=N–C) groups is 1. The fourth-order valence-corrected chi connectivity index (χ4v) is 4.23. The smallest absolute Gasteiger partial charge is 0.227 e. The monoisotopic (exact) mass is 419 g/mol. The maximum Gasteiger partial charge on any atom is 0.227 e. The van der Waals surface area contributed by atoms with Crippen molar-refractivity contribution in [1.82, 2.24) is 20.1 Å². The van der Waals surface area contributed by atoms with Gasteiger partial charge in [0, 0.05) is 62.3 Å². The van der Waals surface area contributed by atoms with E-state index >= 15 is 0 Å². The summed E-state index contributed by atoms with van der Waals surface area (Å²) < 4.78 is 0. The highest BCUT2D eigenvalue weighted by Gasteiger charge is 2.23. The van der Waals surface area contributed by atoms with Gasteiger partial charge in [0.25, 0.3) is 0 Å². The molecule has 0 bridgehead atoms. The Labute approximate surface area is 175 Å². The number of rotatable bonds is 5. The first-order chi connectivity index (χ1) is 13.5. The summed E-state index contributed by atoms with van der Waals surface area (Å²) in [4.78, 5) is 26.7. The number of aromatic nitrogens is 1. The Morgan fingerprint density at radius 3 is 2.68 bits per heavy atom. The summed E-state index contributed by atoms with van der Waals surface area (Å²) in [5.41, 5.74) is 0.954. The Balaban J connectivity index is 1.44. The van der Waals surface area contributed by atoms with Crippen molar-refractivity contribution in [3.05, 3.63) is 50.9 Å². The predicted molar refractivity (Wildman–Crippen MR) is 115 cm³/mol. The first-order valence-electron chi connectivity index (χ1n) is 9.44. The summed E-state index contributed by atoms with van der Waals surface area (Å²) in [6.45, 7) is 5.82. The van der Waals surface area contributed by atoms with Gasteiger partial charge in [0.05, 0.1) is 11.4 Å². The number of thiazole rings is 1. The van der Waals surface area contributed by atoms with Crippen LogP contribution in [0.2, 0.25) is 5.02 Å². The Bertz CT molecular complexity index is 830. The van der Waals surface area contributed by atoms with E-state index in [-0.39, 0.29) is 5.91 Å². The van der Waals surface area contributed by atoms with Crippen molar-refractivity contribution in [2.45, 2.75) is 19.8 Å². The molecule has 0 radical (unpaired) electrons. The zero-order chi connectivity index (χ0) is 19.9. The number of piperazine rings is 1. The van der Waals surface area contributed by atoms with Crippen LogP contribution < -0.4 is 5.32 Å². The van der Waals surface area contributed by atoms with Crippen molar-refractivity contribution >= 4 is 34.8 Å². The third-order valence-electron chi connectivity index (χ3n) is 4.68. The molecule has 1 saturated heterocycles. The van der Waals surface area contributed by atoms with Crippen LogP contribution in [0.4, 0.5) is 0 Å². The standard InChI is InChI=1S/C20H26ClN5OS/c1-15-14-24-18(28-15)6-7-23-20(22-2)26-10-8-25(9-11-26)19(27)13-16-4-3-5-17(21)12-16/h3-5,12,14H,6-11,13H2,1-2H3,(H,22,23). The summed E-state index contributed by atoms with van der Waals surface area (Å²) in [6, 6.07) is 7.50. The van der Waals surface area contributed by atoms with Crippen LogP contribution in [-0.2, 0) is 17.6 Å². The molecule has 0 saturated carbocycles.